The minimum Gasteiger partial charge on any atom is -0.398 e. The van der Waals surface area contributed by atoms with Gasteiger partial charge in [0, 0.05) is 30.2 Å². The van der Waals surface area contributed by atoms with Crippen molar-refractivity contribution in [3.05, 3.63) is 23.3 Å². The lowest BCUT2D eigenvalue weighted by Gasteiger charge is -2.25. The summed E-state index contributed by atoms with van der Waals surface area (Å²) in [5.74, 6) is 0.517. The van der Waals surface area contributed by atoms with Gasteiger partial charge in [0.25, 0.3) is 0 Å². The third kappa shape index (κ3) is 2.42. The molecule has 0 radical (unpaired) electrons. The smallest absolute Gasteiger partial charge is 0.0426 e. The van der Waals surface area contributed by atoms with E-state index in [2.05, 4.69) is 16.7 Å². The average Bonchev–Trinajstić information content (AvgIpc) is 2.38. The van der Waals surface area contributed by atoms with Gasteiger partial charge in [0.15, 0.2) is 0 Å². The average molecular weight is 232 g/mol. The number of nitrogens with one attached hydrogen (secondary N) is 3. The Hall–Kier alpha value is -1.55. The third-order valence-corrected chi connectivity index (χ3v) is 3.46. The van der Waals surface area contributed by atoms with E-state index in [1.54, 1.807) is 0 Å². The summed E-state index contributed by atoms with van der Waals surface area (Å²) in [4.78, 5) is 0. The molecule has 92 valence electrons. The summed E-state index contributed by atoms with van der Waals surface area (Å²) in [5, 5.41) is 14.0. The van der Waals surface area contributed by atoms with E-state index in [0.29, 0.717) is 11.6 Å². The first-order valence-corrected chi connectivity index (χ1v) is 6.08. The molecular weight excluding hydrogens is 212 g/mol. The maximum absolute atomic E-state index is 7.53. The van der Waals surface area contributed by atoms with E-state index in [-0.39, 0.29) is 0 Å². The van der Waals surface area contributed by atoms with Crippen LogP contribution in [0.5, 0.6) is 0 Å². The second-order valence-corrected chi connectivity index (χ2v) is 4.49. The number of nitrogen functional groups attached to an aromatic ring is 1. The van der Waals surface area contributed by atoms with E-state index in [1.165, 1.54) is 11.8 Å². The fourth-order valence-electron chi connectivity index (χ4n) is 2.48. The zero-order valence-corrected chi connectivity index (χ0v) is 10.2. The van der Waals surface area contributed by atoms with Crippen molar-refractivity contribution in [2.75, 3.05) is 31.2 Å². The summed E-state index contributed by atoms with van der Waals surface area (Å²) in [6, 6.07) is 4.03. The van der Waals surface area contributed by atoms with E-state index in [1.807, 2.05) is 13.1 Å². The molecule has 2 rings (SSSR count). The van der Waals surface area contributed by atoms with Crippen LogP contribution in [0.4, 0.5) is 11.4 Å². The molecule has 1 aromatic rings. The third-order valence-electron chi connectivity index (χ3n) is 3.46. The molecular formula is C13H20N4. The highest BCUT2D eigenvalue weighted by molar-refractivity contribution is 5.89. The van der Waals surface area contributed by atoms with Crippen LogP contribution < -0.4 is 16.4 Å². The van der Waals surface area contributed by atoms with Crippen molar-refractivity contribution in [1.82, 2.24) is 5.32 Å². The highest BCUT2D eigenvalue weighted by atomic mass is 14.9. The van der Waals surface area contributed by atoms with Crippen molar-refractivity contribution in [3.63, 3.8) is 0 Å². The second kappa shape index (κ2) is 5.19. The van der Waals surface area contributed by atoms with Crippen LogP contribution in [0.3, 0.4) is 0 Å². The first kappa shape index (κ1) is 11.9. The summed E-state index contributed by atoms with van der Waals surface area (Å²) >= 11 is 0. The number of nitrogens with two attached hydrogens (primary N) is 1. The van der Waals surface area contributed by atoms with Gasteiger partial charge >= 0.3 is 0 Å². The summed E-state index contributed by atoms with van der Waals surface area (Å²) in [6.45, 7) is 2.09. The Labute approximate surface area is 102 Å². The molecule has 0 spiro atoms. The van der Waals surface area contributed by atoms with Crippen molar-refractivity contribution in [2.45, 2.75) is 18.8 Å². The molecule has 0 aromatic heterocycles. The number of hydrogen-bond acceptors (Lipinski definition) is 4. The highest BCUT2D eigenvalue weighted by Gasteiger charge is 2.19. The lowest BCUT2D eigenvalue weighted by Crippen LogP contribution is -2.27. The quantitative estimate of drug-likeness (QED) is 0.474. The van der Waals surface area contributed by atoms with E-state index >= 15 is 0 Å². The van der Waals surface area contributed by atoms with E-state index in [0.717, 1.165) is 37.2 Å². The van der Waals surface area contributed by atoms with Gasteiger partial charge in [0.2, 0.25) is 0 Å². The van der Waals surface area contributed by atoms with Crippen LogP contribution in [0.1, 0.15) is 29.9 Å². The fourth-order valence-corrected chi connectivity index (χ4v) is 2.48. The Morgan fingerprint density at radius 3 is 2.71 bits per heavy atom. The number of piperidine rings is 1. The van der Waals surface area contributed by atoms with Gasteiger partial charge in [0.05, 0.1) is 0 Å². The minimum atomic E-state index is 0.517. The molecule has 0 aliphatic carbocycles. The Morgan fingerprint density at radius 1 is 1.41 bits per heavy atom. The van der Waals surface area contributed by atoms with Crippen LogP contribution in [-0.4, -0.2) is 26.4 Å². The molecule has 5 N–H and O–H groups in total. The van der Waals surface area contributed by atoms with Gasteiger partial charge in [-0.3, -0.25) is 0 Å². The molecule has 0 amide bonds. The van der Waals surface area contributed by atoms with Gasteiger partial charge in [-0.2, -0.15) is 0 Å². The van der Waals surface area contributed by atoms with Gasteiger partial charge in [-0.15, -0.1) is 0 Å². The number of benzene rings is 1. The molecule has 0 atom stereocenters. The van der Waals surface area contributed by atoms with E-state index in [4.69, 9.17) is 11.1 Å². The molecule has 4 nitrogen and oxygen atoms in total. The normalized spacial score (nSPS) is 16.8. The molecule has 1 aromatic carbocycles. The lowest BCUT2D eigenvalue weighted by molar-refractivity contribution is 0.460. The number of anilines is 2. The van der Waals surface area contributed by atoms with Crippen LogP contribution >= 0.6 is 0 Å². The fraction of sp³-hybridized carbons (Fsp3) is 0.462. The minimum absolute atomic E-state index is 0.517. The maximum atomic E-state index is 7.53. The highest BCUT2D eigenvalue weighted by Crippen LogP contribution is 2.32. The Morgan fingerprint density at radius 2 is 2.12 bits per heavy atom. The standard InChI is InChI=1S/C13H20N4/c1-16-10-6-11(9-2-4-17-5-3-9)12(8-14)13(15)7-10/h6-9,14,16-17H,2-5,15H2,1H3. The monoisotopic (exact) mass is 232 g/mol. The zero-order chi connectivity index (χ0) is 12.3. The molecule has 1 aliphatic rings. The SMILES string of the molecule is CNc1cc(N)c(C=N)c(C2CCNCC2)c1. The van der Waals surface area contributed by atoms with Crippen LogP contribution in [0.25, 0.3) is 0 Å². The number of hydrogen-bond donors (Lipinski definition) is 4. The van der Waals surface area contributed by atoms with Gasteiger partial charge in [-0.05, 0) is 49.5 Å². The van der Waals surface area contributed by atoms with Crippen molar-refractivity contribution in [3.8, 4) is 0 Å². The Balaban J connectivity index is 2.41. The van der Waals surface area contributed by atoms with Crippen molar-refractivity contribution < 1.29 is 0 Å². The van der Waals surface area contributed by atoms with Crippen LogP contribution in [0, 0.1) is 5.41 Å². The van der Waals surface area contributed by atoms with Crippen LogP contribution in [0.2, 0.25) is 0 Å². The van der Waals surface area contributed by atoms with Crippen molar-refractivity contribution in [2.24, 2.45) is 0 Å². The summed E-state index contributed by atoms with van der Waals surface area (Å²) in [7, 11) is 1.89. The first-order valence-electron chi connectivity index (χ1n) is 6.08. The largest absolute Gasteiger partial charge is 0.398 e. The molecule has 1 aliphatic heterocycles. The zero-order valence-electron chi connectivity index (χ0n) is 10.2. The summed E-state index contributed by atoms with van der Waals surface area (Å²) < 4.78 is 0. The molecule has 0 unspecified atom stereocenters. The predicted octanol–water partition coefficient (Wildman–Crippen LogP) is 1.78. The van der Waals surface area contributed by atoms with E-state index in [9.17, 15) is 0 Å². The molecule has 1 saturated heterocycles. The van der Waals surface area contributed by atoms with Gasteiger partial charge in [-0.1, -0.05) is 0 Å². The predicted molar refractivity (Wildman–Crippen MR) is 73.1 cm³/mol. The summed E-state index contributed by atoms with van der Waals surface area (Å²) in [6.07, 6.45) is 3.62. The topological polar surface area (TPSA) is 73.9 Å². The number of rotatable bonds is 3. The van der Waals surface area contributed by atoms with Gasteiger partial charge in [-0.25, -0.2) is 0 Å². The summed E-state index contributed by atoms with van der Waals surface area (Å²) in [5.41, 5.74) is 9.83. The maximum Gasteiger partial charge on any atom is 0.0426 e. The molecule has 1 heterocycles. The van der Waals surface area contributed by atoms with Crippen LogP contribution in [0.15, 0.2) is 12.1 Å². The molecule has 0 bridgehead atoms. The van der Waals surface area contributed by atoms with E-state index < -0.39 is 0 Å². The molecule has 0 saturated carbocycles. The van der Waals surface area contributed by atoms with Crippen molar-refractivity contribution >= 4 is 17.6 Å². The second-order valence-electron chi connectivity index (χ2n) is 4.49. The van der Waals surface area contributed by atoms with Crippen LogP contribution in [-0.2, 0) is 0 Å². The Bertz CT molecular complexity index is 408. The molecule has 4 heteroatoms. The van der Waals surface area contributed by atoms with Gasteiger partial charge < -0.3 is 21.8 Å². The Kier molecular flexibility index (Phi) is 3.64. The molecule has 17 heavy (non-hydrogen) atoms. The lowest BCUT2D eigenvalue weighted by atomic mass is 9.86. The van der Waals surface area contributed by atoms with Gasteiger partial charge in [0.1, 0.15) is 0 Å². The first-order chi connectivity index (χ1) is 8.26. The molecule has 1 fully saturated rings. The van der Waals surface area contributed by atoms with Crippen molar-refractivity contribution in [1.29, 1.82) is 5.41 Å².